The maximum atomic E-state index is 13.0. The summed E-state index contributed by atoms with van der Waals surface area (Å²) in [6.45, 7) is 6.58. The van der Waals surface area contributed by atoms with Crippen LogP contribution in [0.4, 0.5) is 0 Å². The molecule has 9 heteroatoms. The summed E-state index contributed by atoms with van der Waals surface area (Å²) in [5, 5.41) is 2.93. The Bertz CT molecular complexity index is 1060. The molecule has 4 rings (SSSR count). The first-order chi connectivity index (χ1) is 15.9. The van der Waals surface area contributed by atoms with E-state index in [1.54, 1.807) is 19.1 Å². The van der Waals surface area contributed by atoms with Crippen molar-refractivity contribution in [1.29, 1.82) is 0 Å². The number of nitrogens with one attached hydrogen (secondary N) is 1. The Balaban J connectivity index is 1.37. The second kappa shape index (κ2) is 10.8. The number of aryl methyl sites for hydroxylation is 1. The first-order valence-electron chi connectivity index (χ1n) is 11.3. The van der Waals surface area contributed by atoms with E-state index in [-0.39, 0.29) is 16.9 Å². The summed E-state index contributed by atoms with van der Waals surface area (Å²) in [6.07, 6.45) is -0.119. The average Bonchev–Trinajstić information content (AvgIpc) is 2.84. The van der Waals surface area contributed by atoms with Crippen LogP contribution in [0, 0.1) is 6.92 Å². The minimum atomic E-state index is -3.67. The quantitative estimate of drug-likeness (QED) is 0.658. The van der Waals surface area contributed by atoms with Gasteiger partial charge in [0.05, 0.1) is 30.8 Å². The third-order valence-corrected chi connectivity index (χ3v) is 7.92. The molecule has 2 heterocycles. The molecule has 1 amide bonds. The van der Waals surface area contributed by atoms with Crippen LogP contribution in [-0.4, -0.2) is 82.2 Å². The van der Waals surface area contributed by atoms with E-state index >= 15 is 0 Å². The lowest BCUT2D eigenvalue weighted by atomic mass is 10.1. The molecule has 1 unspecified atom stereocenters. The van der Waals surface area contributed by atoms with Crippen LogP contribution in [0.1, 0.15) is 21.5 Å². The van der Waals surface area contributed by atoms with E-state index in [4.69, 9.17) is 9.47 Å². The van der Waals surface area contributed by atoms with E-state index in [0.29, 0.717) is 45.0 Å². The van der Waals surface area contributed by atoms with Gasteiger partial charge in [-0.05, 0) is 30.2 Å². The number of hydrogen-bond acceptors (Lipinski definition) is 6. The van der Waals surface area contributed by atoms with Crippen LogP contribution in [0.15, 0.2) is 53.4 Å². The van der Waals surface area contributed by atoms with Crippen molar-refractivity contribution >= 4 is 15.9 Å². The van der Waals surface area contributed by atoms with E-state index in [1.165, 1.54) is 15.9 Å². The van der Waals surface area contributed by atoms with Crippen molar-refractivity contribution < 1.29 is 22.7 Å². The molecule has 0 bridgehead atoms. The topological polar surface area (TPSA) is 88.2 Å². The second-order valence-electron chi connectivity index (χ2n) is 8.42. The predicted molar refractivity (Wildman–Crippen MR) is 125 cm³/mol. The van der Waals surface area contributed by atoms with Crippen LogP contribution in [-0.2, 0) is 26.0 Å². The number of nitrogens with zero attached hydrogens (tertiary/aromatic N) is 2. The highest BCUT2D eigenvalue weighted by atomic mass is 32.2. The summed E-state index contributed by atoms with van der Waals surface area (Å²) in [4.78, 5) is 15.4. The fourth-order valence-electron chi connectivity index (χ4n) is 4.13. The number of carbonyl (C=O) groups is 1. The van der Waals surface area contributed by atoms with Crippen LogP contribution >= 0.6 is 0 Å². The molecule has 2 fully saturated rings. The normalized spacial score (nSPS) is 20.5. The maximum Gasteiger partial charge on any atom is 0.251 e. The molecule has 2 aliphatic heterocycles. The minimum absolute atomic E-state index is 0.119. The number of morpholine rings is 2. The zero-order valence-electron chi connectivity index (χ0n) is 18.9. The molecule has 1 N–H and O–H groups in total. The SMILES string of the molecule is Cc1ccc(S(=O)(=O)N2CCOCC2)cc1C(=O)NCC1CN(Cc2ccccc2)CCO1. The monoisotopic (exact) mass is 473 g/mol. The Morgan fingerprint density at radius 1 is 1.06 bits per heavy atom. The molecule has 33 heavy (non-hydrogen) atoms. The highest BCUT2D eigenvalue weighted by molar-refractivity contribution is 7.89. The van der Waals surface area contributed by atoms with E-state index in [1.807, 2.05) is 18.2 Å². The van der Waals surface area contributed by atoms with Crippen LogP contribution in [0.3, 0.4) is 0 Å². The van der Waals surface area contributed by atoms with Crippen molar-refractivity contribution in [3.05, 3.63) is 65.2 Å². The first kappa shape index (κ1) is 23.8. The Morgan fingerprint density at radius 2 is 1.82 bits per heavy atom. The standard InChI is InChI=1S/C24H31N3O5S/c1-19-7-8-22(33(29,30)27-10-12-31-13-11-27)15-23(19)24(28)25-16-21-18-26(9-14-32-21)17-20-5-3-2-4-6-20/h2-8,15,21H,9-14,16-18H2,1H3,(H,25,28). The van der Waals surface area contributed by atoms with Crippen molar-refractivity contribution in [2.45, 2.75) is 24.5 Å². The largest absolute Gasteiger partial charge is 0.379 e. The van der Waals surface area contributed by atoms with E-state index < -0.39 is 10.0 Å². The van der Waals surface area contributed by atoms with Gasteiger partial charge in [0.1, 0.15) is 0 Å². The highest BCUT2D eigenvalue weighted by Crippen LogP contribution is 2.21. The molecule has 8 nitrogen and oxygen atoms in total. The van der Waals surface area contributed by atoms with Gasteiger partial charge in [-0.25, -0.2) is 8.42 Å². The first-order valence-corrected chi connectivity index (χ1v) is 12.7. The molecule has 2 aromatic rings. The summed E-state index contributed by atoms with van der Waals surface area (Å²) >= 11 is 0. The van der Waals surface area contributed by atoms with Gasteiger partial charge < -0.3 is 14.8 Å². The van der Waals surface area contributed by atoms with Gasteiger partial charge in [0, 0.05) is 44.8 Å². The molecule has 0 saturated carbocycles. The van der Waals surface area contributed by atoms with Gasteiger partial charge in [-0.1, -0.05) is 36.4 Å². The third-order valence-electron chi connectivity index (χ3n) is 6.02. The molecular formula is C24H31N3O5S. The molecular weight excluding hydrogens is 442 g/mol. The average molecular weight is 474 g/mol. The highest BCUT2D eigenvalue weighted by Gasteiger charge is 2.28. The predicted octanol–water partition coefficient (Wildman–Crippen LogP) is 1.65. The molecule has 1 atom stereocenters. The molecule has 0 aromatic heterocycles. The number of ether oxygens (including phenoxy) is 2. The minimum Gasteiger partial charge on any atom is -0.379 e. The molecule has 2 aromatic carbocycles. The molecule has 0 aliphatic carbocycles. The Labute approximate surface area is 195 Å². The zero-order valence-corrected chi connectivity index (χ0v) is 19.7. The Morgan fingerprint density at radius 3 is 2.58 bits per heavy atom. The number of benzene rings is 2. The van der Waals surface area contributed by atoms with Gasteiger partial charge in [-0.3, -0.25) is 9.69 Å². The Kier molecular flexibility index (Phi) is 7.77. The van der Waals surface area contributed by atoms with Crippen LogP contribution < -0.4 is 5.32 Å². The van der Waals surface area contributed by atoms with E-state index in [2.05, 4.69) is 22.3 Å². The fourth-order valence-corrected chi connectivity index (χ4v) is 5.57. The van der Waals surface area contributed by atoms with E-state index in [9.17, 15) is 13.2 Å². The number of hydrogen-bond donors (Lipinski definition) is 1. The molecule has 178 valence electrons. The lowest BCUT2D eigenvalue weighted by Gasteiger charge is -2.33. The fraction of sp³-hybridized carbons (Fsp3) is 0.458. The number of amides is 1. The summed E-state index contributed by atoms with van der Waals surface area (Å²) < 4.78 is 38.5. The number of sulfonamides is 1. The number of rotatable bonds is 7. The summed E-state index contributed by atoms with van der Waals surface area (Å²) in [6, 6.07) is 15.0. The van der Waals surface area contributed by atoms with Gasteiger partial charge in [-0.2, -0.15) is 4.31 Å². The van der Waals surface area contributed by atoms with Gasteiger partial charge in [0.2, 0.25) is 10.0 Å². The second-order valence-corrected chi connectivity index (χ2v) is 10.4. The van der Waals surface area contributed by atoms with Crippen LogP contribution in [0.2, 0.25) is 0 Å². The molecule has 0 radical (unpaired) electrons. The van der Waals surface area contributed by atoms with Crippen molar-refractivity contribution in [3.8, 4) is 0 Å². The third kappa shape index (κ3) is 5.99. The summed E-state index contributed by atoms with van der Waals surface area (Å²) in [5.74, 6) is -0.296. The van der Waals surface area contributed by atoms with Gasteiger partial charge in [0.15, 0.2) is 0 Å². The van der Waals surface area contributed by atoms with Crippen LogP contribution in [0.25, 0.3) is 0 Å². The lowest BCUT2D eigenvalue weighted by Crippen LogP contribution is -2.47. The molecule has 2 aliphatic rings. The van der Waals surface area contributed by atoms with Gasteiger partial charge >= 0.3 is 0 Å². The Hall–Kier alpha value is -2.30. The van der Waals surface area contributed by atoms with Crippen molar-refractivity contribution in [3.63, 3.8) is 0 Å². The van der Waals surface area contributed by atoms with Crippen LogP contribution in [0.5, 0.6) is 0 Å². The smallest absolute Gasteiger partial charge is 0.251 e. The molecule has 0 spiro atoms. The summed E-state index contributed by atoms with van der Waals surface area (Å²) in [5.41, 5.74) is 2.33. The van der Waals surface area contributed by atoms with Crippen molar-refractivity contribution in [1.82, 2.24) is 14.5 Å². The van der Waals surface area contributed by atoms with Crippen molar-refractivity contribution in [2.75, 3.05) is 52.5 Å². The van der Waals surface area contributed by atoms with Crippen molar-refractivity contribution in [2.24, 2.45) is 0 Å². The van der Waals surface area contributed by atoms with Gasteiger partial charge in [0.25, 0.3) is 5.91 Å². The van der Waals surface area contributed by atoms with E-state index in [0.717, 1.165) is 25.2 Å². The van der Waals surface area contributed by atoms with Gasteiger partial charge in [-0.15, -0.1) is 0 Å². The summed E-state index contributed by atoms with van der Waals surface area (Å²) in [7, 11) is -3.67. The number of carbonyl (C=O) groups excluding carboxylic acids is 1. The maximum absolute atomic E-state index is 13.0. The molecule has 2 saturated heterocycles. The lowest BCUT2D eigenvalue weighted by molar-refractivity contribution is -0.0292. The zero-order chi connectivity index (χ0) is 23.3.